The maximum Gasteiger partial charge on any atom is 0.163 e. The number of likely N-dealkylation sites (tertiary alicyclic amines) is 1. The highest BCUT2D eigenvalue weighted by Crippen LogP contribution is 2.42. The van der Waals surface area contributed by atoms with Gasteiger partial charge in [0.1, 0.15) is 5.03 Å². The van der Waals surface area contributed by atoms with E-state index < -0.39 is 0 Å². The first kappa shape index (κ1) is 15.0. The quantitative estimate of drug-likeness (QED) is 0.753. The lowest BCUT2D eigenvalue weighted by Gasteiger charge is -2.39. The Bertz CT molecular complexity index is 708. The van der Waals surface area contributed by atoms with Crippen LogP contribution in [0.3, 0.4) is 0 Å². The molecular formula is C18H22N4S. The van der Waals surface area contributed by atoms with Crippen LogP contribution in [0.4, 0.5) is 11.5 Å². The van der Waals surface area contributed by atoms with Gasteiger partial charge in [0.05, 0.1) is 5.69 Å². The van der Waals surface area contributed by atoms with Crippen LogP contribution in [0.2, 0.25) is 0 Å². The monoisotopic (exact) mass is 326 g/mol. The molecule has 0 radical (unpaired) electrons. The standard InChI is InChI=1S/C18H22N4S/c1-12-4-3-5-13(2)22(12)11-14-6-7-16-15(10-14)21-17-18(23-16)20-9-8-19-17/h6-10,12-13H,3-5,11H2,1-2H3,(H,19,21). The van der Waals surface area contributed by atoms with Gasteiger partial charge in [0.2, 0.25) is 0 Å². The molecule has 4 nitrogen and oxygen atoms in total. The highest BCUT2D eigenvalue weighted by atomic mass is 32.2. The second kappa shape index (κ2) is 6.13. The third-order valence-electron chi connectivity index (χ3n) is 4.91. The van der Waals surface area contributed by atoms with Crippen molar-refractivity contribution in [3.8, 4) is 0 Å². The average Bonchev–Trinajstić information content (AvgIpc) is 2.56. The molecule has 4 rings (SSSR count). The van der Waals surface area contributed by atoms with Gasteiger partial charge in [0, 0.05) is 35.9 Å². The molecule has 120 valence electrons. The van der Waals surface area contributed by atoms with Crippen LogP contribution in [-0.4, -0.2) is 27.0 Å². The number of hydrogen-bond acceptors (Lipinski definition) is 5. The number of nitrogens with one attached hydrogen (secondary N) is 1. The molecule has 3 heterocycles. The first-order valence-corrected chi connectivity index (χ1v) is 9.17. The van der Waals surface area contributed by atoms with Gasteiger partial charge in [-0.15, -0.1) is 0 Å². The fourth-order valence-electron chi connectivity index (χ4n) is 3.58. The van der Waals surface area contributed by atoms with E-state index in [4.69, 9.17) is 0 Å². The number of piperidine rings is 1. The molecule has 23 heavy (non-hydrogen) atoms. The Morgan fingerprint density at radius 2 is 1.96 bits per heavy atom. The van der Waals surface area contributed by atoms with Gasteiger partial charge in [0.15, 0.2) is 5.82 Å². The minimum atomic E-state index is 0.670. The molecular weight excluding hydrogens is 304 g/mol. The molecule has 0 aliphatic carbocycles. The van der Waals surface area contributed by atoms with E-state index in [0.717, 1.165) is 23.1 Å². The van der Waals surface area contributed by atoms with Crippen LogP contribution in [-0.2, 0) is 6.54 Å². The van der Waals surface area contributed by atoms with Crippen LogP contribution in [0.1, 0.15) is 38.7 Å². The average molecular weight is 326 g/mol. The highest BCUT2D eigenvalue weighted by Gasteiger charge is 2.25. The lowest BCUT2D eigenvalue weighted by molar-refractivity contribution is 0.0953. The van der Waals surface area contributed by atoms with Crippen molar-refractivity contribution in [2.24, 2.45) is 0 Å². The summed E-state index contributed by atoms with van der Waals surface area (Å²) in [6.45, 7) is 5.73. The fourth-order valence-corrected chi connectivity index (χ4v) is 4.46. The zero-order chi connectivity index (χ0) is 15.8. The van der Waals surface area contributed by atoms with Crippen molar-refractivity contribution in [3.63, 3.8) is 0 Å². The smallest absolute Gasteiger partial charge is 0.163 e. The Morgan fingerprint density at radius 1 is 1.17 bits per heavy atom. The summed E-state index contributed by atoms with van der Waals surface area (Å²) in [5.74, 6) is 0.863. The lowest BCUT2D eigenvalue weighted by Crippen LogP contribution is -2.42. The number of benzene rings is 1. The number of rotatable bonds is 2. The molecule has 1 aromatic heterocycles. The van der Waals surface area contributed by atoms with Gasteiger partial charge >= 0.3 is 0 Å². The van der Waals surface area contributed by atoms with Gasteiger partial charge in [0.25, 0.3) is 0 Å². The molecule has 0 bridgehead atoms. The van der Waals surface area contributed by atoms with Crippen LogP contribution >= 0.6 is 11.8 Å². The topological polar surface area (TPSA) is 41.0 Å². The van der Waals surface area contributed by atoms with Crippen molar-refractivity contribution in [2.45, 2.75) is 61.7 Å². The molecule has 0 saturated carbocycles. The second-order valence-electron chi connectivity index (χ2n) is 6.57. The van der Waals surface area contributed by atoms with Crippen molar-refractivity contribution in [1.29, 1.82) is 0 Å². The Hall–Kier alpha value is -1.59. The van der Waals surface area contributed by atoms with Crippen molar-refractivity contribution in [2.75, 3.05) is 5.32 Å². The van der Waals surface area contributed by atoms with E-state index in [9.17, 15) is 0 Å². The number of anilines is 2. The SMILES string of the molecule is CC1CCCC(C)N1Cc1ccc2c(c1)Nc1nccnc1S2. The summed E-state index contributed by atoms with van der Waals surface area (Å²) < 4.78 is 0. The molecule has 5 heteroatoms. The van der Waals surface area contributed by atoms with Crippen LogP contribution in [0.15, 0.2) is 40.5 Å². The van der Waals surface area contributed by atoms with Gasteiger partial charge in [-0.1, -0.05) is 24.2 Å². The zero-order valence-electron chi connectivity index (χ0n) is 13.6. The summed E-state index contributed by atoms with van der Waals surface area (Å²) in [6, 6.07) is 8.07. The molecule has 0 spiro atoms. The van der Waals surface area contributed by atoms with E-state index >= 15 is 0 Å². The maximum atomic E-state index is 4.38. The first-order valence-electron chi connectivity index (χ1n) is 8.35. The summed E-state index contributed by atoms with van der Waals surface area (Å²) in [7, 11) is 0. The van der Waals surface area contributed by atoms with Crippen LogP contribution in [0.25, 0.3) is 0 Å². The van der Waals surface area contributed by atoms with E-state index in [1.807, 2.05) is 0 Å². The maximum absolute atomic E-state index is 4.38. The molecule has 2 aliphatic heterocycles. The van der Waals surface area contributed by atoms with Crippen molar-refractivity contribution >= 4 is 23.3 Å². The molecule has 2 atom stereocenters. The predicted molar refractivity (Wildman–Crippen MR) is 94.2 cm³/mol. The molecule has 1 aromatic carbocycles. The van der Waals surface area contributed by atoms with E-state index in [1.54, 1.807) is 24.2 Å². The zero-order valence-corrected chi connectivity index (χ0v) is 14.4. The van der Waals surface area contributed by atoms with E-state index in [1.165, 1.54) is 29.7 Å². The van der Waals surface area contributed by atoms with Crippen molar-refractivity contribution in [1.82, 2.24) is 14.9 Å². The normalized spacial score (nSPS) is 23.7. The highest BCUT2D eigenvalue weighted by molar-refractivity contribution is 7.99. The van der Waals surface area contributed by atoms with Gasteiger partial charge in [-0.2, -0.15) is 0 Å². The fraction of sp³-hybridized carbons (Fsp3) is 0.444. The minimum Gasteiger partial charge on any atom is -0.337 e. The number of fused-ring (bicyclic) bond motifs is 2. The van der Waals surface area contributed by atoms with E-state index in [-0.39, 0.29) is 0 Å². The van der Waals surface area contributed by atoms with Gasteiger partial charge in [-0.05, 0) is 44.4 Å². The summed E-state index contributed by atoms with van der Waals surface area (Å²) in [5.41, 5.74) is 2.52. The van der Waals surface area contributed by atoms with Gasteiger partial charge < -0.3 is 5.32 Å². The van der Waals surface area contributed by atoms with Crippen molar-refractivity contribution in [3.05, 3.63) is 36.2 Å². The van der Waals surface area contributed by atoms with E-state index in [0.29, 0.717) is 12.1 Å². The van der Waals surface area contributed by atoms with Crippen molar-refractivity contribution < 1.29 is 0 Å². The molecule has 1 saturated heterocycles. The van der Waals surface area contributed by atoms with Gasteiger partial charge in [-0.3, -0.25) is 4.90 Å². The Kier molecular flexibility index (Phi) is 3.99. The minimum absolute atomic E-state index is 0.670. The Labute approximate surface area is 141 Å². The third kappa shape index (κ3) is 2.95. The largest absolute Gasteiger partial charge is 0.337 e. The summed E-state index contributed by atoms with van der Waals surface area (Å²) in [4.78, 5) is 12.6. The third-order valence-corrected chi connectivity index (χ3v) is 5.98. The summed E-state index contributed by atoms with van der Waals surface area (Å²) in [5, 5.41) is 4.38. The molecule has 0 amide bonds. The Balaban J connectivity index is 1.56. The number of hydrogen-bond donors (Lipinski definition) is 1. The van der Waals surface area contributed by atoms with E-state index in [2.05, 4.69) is 52.2 Å². The molecule has 2 aromatic rings. The molecule has 1 N–H and O–H groups in total. The van der Waals surface area contributed by atoms with Crippen LogP contribution in [0, 0.1) is 0 Å². The predicted octanol–water partition coefficient (Wildman–Crippen LogP) is 4.45. The van der Waals surface area contributed by atoms with Crippen LogP contribution < -0.4 is 5.32 Å². The second-order valence-corrected chi connectivity index (χ2v) is 7.60. The van der Waals surface area contributed by atoms with Gasteiger partial charge in [-0.25, -0.2) is 9.97 Å². The number of nitrogens with zero attached hydrogens (tertiary/aromatic N) is 3. The molecule has 1 fully saturated rings. The Morgan fingerprint density at radius 3 is 2.78 bits per heavy atom. The lowest BCUT2D eigenvalue weighted by atomic mass is 9.96. The van der Waals surface area contributed by atoms with Crippen LogP contribution in [0.5, 0.6) is 0 Å². The summed E-state index contributed by atoms with van der Waals surface area (Å²) in [6.07, 6.45) is 7.46. The molecule has 2 aliphatic rings. The summed E-state index contributed by atoms with van der Waals surface area (Å²) >= 11 is 1.69. The first-order chi connectivity index (χ1) is 11.2. The number of aromatic nitrogens is 2. The molecule has 2 unspecified atom stereocenters.